The van der Waals surface area contributed by atoms with Crippen LogP contribution in [0.4, 0.5) is 5.69 Å². The fraction of sp³-hybridized carbons (Fsp3) is 0.588. The summed E-state index contributed by atoms with van der Waals surface area (Å²) in [5.74, 6) is 0.935. The van der Waals surface area contributed by atoms with Crippen LogP contribution in [0.3, 0.4) is 0 Å². The highest BCUT2D eigenvalue weighted by molar-refractivity contribution is 6.31. The van der Waals surface area contributed by atoms with Crippen LogP contribution >= 0.6 is 11.6 Å². The average Bonchev–Trinajstić information content (AvgIpc) is 3.02. The molecule has 1 atom stereocenters. The molecule has 1 fully saturated rings. The summed E-state index contributed by atoms with van der Waals surface area (Å²) < 4.78 is 5.64. The number of aliphatic hydroxyl groups is 1. The fourth-order valence-electron chi connectivity index (χ4n) is 3.46. The number of halogens is 1. The highest BCUT2D eigenvalue weighted by Gasteiger charge is 2.30. The topological polar surface area (TPSA) is 53.0 Å². The Bertz CT molecular complexity index is 567. The second kappa shape index (κ2) is 7.41. The van der Waals surface area contributed by atoms with Crippen molar-refractivity contribution in [3.63, 3.8) is 0 Å². The summed E-state index contributed by atoms with van der Waals surface area (Å²) in [5.41, 5.74) is 0.892. The Morgan fingerprint density at radius 1 is 1.39 bits per heavy atom. The van der Waals surface area contributed by atoms with E-state index >= 15 is 0 Å². The number of benzene rings is 1. The predicted molar refractivity (Wildman–Crippen MR) is 90.2 cm³/mol. The highest BCUT2D eigenvalue weighted by atomic mass is 35.5. The molecule has 0 aliphatic carbocycles. The van der Waals surface area contributed by atoms with Crippen molar-refractivity contribution in [1.29, 1.82) is 0 Å². The summed E-state index contributed by atoms with van der Waals surface area (Å²) in [6.45, 7) is 2.63. The number of aliphatic hydroxyl groups excluding tert-OH is 1. The smallest absolute Gasteiger partial charge is 0.242 e. The van der Waals surface area contributed by atoms with E-state index in [-0.39, 0.29) is 18.6 Å². The minimum Gasteiger partial charge on any atom is -0.490 e. The number of nitrogens with zero attached hydrogens (tertiary/aromatic N) is 2. The molecule has 0 bridgehead atoms. The molecule has 1 amide bonds. The molecule has 0 spiro atoms. The molecule has 2 heterocycles. The van der Waals surface area contributed by atoms with Gasteiger partial charge in [0.05, 0.1) is 18.8 Å². The molecule has 0 saturated carbocycles. The minimum atomic E-state index is 0.151. The van der Waals surface area contributed by atoms with Gasteiger partial charge < -0.3 is 19.6 Å². The number of ether oxygens (including phenoxy) is 1. The number of carbonyl (C=O) groups excluding carboxylic acids is 1. The molecule has 2 aliphatic heterocycles. The number of rotatable bonds is 5. The lowest BCUT2D eigenvalue weighted by molar-refractivity contribution is -0.130. The lowest BCUT2D eigenvalue weighted by Gasteiger charge is -2.33. The number of amides is 1. The van der Waals surface area contributed by atoms with E-state index in [0.717, 1.165) is 43.7 Å². The molecule has 6 heteroatoms. The number of fused-ring (bicyclic) bond motifs is 1. The van der Waals surface area contributed by atoms with E-state index in [9.17, 15) is 4.79 Å². The second-order valence-electron chi connectivity index (χ2n) is 6.13. The van der Waals surface area contributed by atoms with Gasteiger partial charge >= 0.3 is 0 Å². The Morgan fingerprint density at radius 2 is 2.26 bits per heavy atom. The molecular formula is C17H23ClN2O3. The molecule has 126 valence electrons. The van der Waals surface area contributed by atoms with Crippen molar-refractivity contribution in [3.8, 4) is 5.75 Å². The first-order valence-corrected chi connectivity index (χ1v) is 8.64. The Balaban J connectivity index is 1.68. The van der Waals surface area contributed by atoms with E-state index in [2.05, 4.69) is 4.90 Å². The number of hydrogen-bond donors (Lipinski definition) is 1. The summed E-state index contributed by atoms with van der Waals surface area (Å²) in [6, 6.07) is 5.79. The predicted octanol–water partition coefficient (Wildman–Crippen LogP) is 2.30. The molecule has 23 heavy (non-hydrogen) atoms. The summed E-state index contributed by atoms with van der Waals surface area (Å²) in [7, 11) is 0. The molecule has 5 nitrogen and oxygen atoms in total. The van der Waals surface area contributed by atoms with Gasteiger partial charge in [0, 0.05) is 24.2 Å². The standard InChI is InChI=1S/C17H23ClN2O3/c18-13-5-6-16-15(11-13)19(8-10-23-16)12-17(22)20-7-1-3-14(20)4-2-9-21/h5-6,11,14,21H,1-4,7-10,12H2. The molecule has 3 rings (SSSR count). The summed E-state index contributed by atoms with van der Waals surface area (Å²) >= 11 is 6.08. The molecule has 1 saturated heterocycles. The monoisotopic (exact) mass is 338 g/mol. The van der Waals surface area contributed by atoms with Gasteiger partial charge in [-0.1, -0.05) is 11.6 Å². The van der Waals surface area contributed by atoms with Crippen LogP contribution in [0.15, 0.2) is 18.2 Å². The van der Waals surface area contributed by atoms with Gasteiger partial charge in [0.25, 0.3) is 0 Å². The number of carbonyl (C=O) groups is 1. The lowest BCUT2D eigenvalue weighted by atomic mass is 10.1. The van der Waals surface area contributed by atoms with Crippen LogP contribution < -0.4 is 9.64 Å². The van der Waals surface area contributed by atoms with Crippen LogP contribution in [0.2, 0.25) is 5.02 Å². The van der Waals surface area contributed by atoms with Crippen LogP contribution in [0.1, 0.15) is 25.7 Å². The zero-order chi connectivity index (χ0) is 16.2. The summed E-state index contributed by atoms with van der Waals surface area (Å²) in [4.78, 5) is 16.8. The van der Waals surface area contributed by atoms with Crippen LogP contribution in [-0.4, -0.2) is 54.8 Å². The van der Waals surface area contributed by atoms with Crippen molar-refractivity contribution >= 4 is 23.2 Å². The SMILES string of the molecule is O=C(CN1CCOc2ccc(Cl)cc21)N1CCCC1CCCO. The van der Waals surface area contributed by atoms with Crippen molar-refractivity contribution in [3.05, 3.63) is 23.2 Å². The van der Waals surface area contributed by atoms with Crippen molar-refractivity contribution in [1.82, 2.24) is 4.90 Å². The highest BCUT2D eigenvalue weighted by Crippen LogP contribution is 2.34. The number of anilines is 1. The van der Waals surface area contributed by atoms with Crippen LogP contribution in [0.25, 0.3) is 0 Å². The van der Waals surface area contributed by atoms with Crippen LogP contribution in [0.5, 0.6) is 5.75 Å². The first kappa shape index (κ1) is 16.4. The van der Waals surface area contributed by atoms with Gasteiger partial charge in [-0.15, -0.1) is 0 Å². The Hall–Kier alpha value is -1.46. The largest absolute Gasteiger partial charge is 0.490 e. The zero-order valence-corrected chi connectivity index (χ0v) is 14.0. The molecule has 0 aromatic heterocycles. The maximum atomic E-state index is 12.7. The molecular weight excluding hydrogens is 316 g/mol. The lowest BCUT2D eigenvalue weighted by Crippen LogP contribution is -2.45. The maximum Gasteiger partial charge on any atom is 0.242 e. The Kier molecular flexibility index (Phi) is 5.28. The van der Waals surface area contributed by atoms with E-state index < -0.39 is 0 Å². The molecule has 2 aliphatic rings. The molecule has 1 aromatic rings. The third kappa shape index (κ3) is 3.72. The van der Waals surface area contributed by atoms with E-state index in [1.807, 2.05) is 17.0 Å². The van der Waals surface area contributed by atoms with Crippen molar-refractivity contribution in [2.75, 3.05) is 37.7 Å². The summed E-state index contributed by atoms with van der Waals surface area (Å²) in [5, 5.41) is 9.66. The van der Waals surface area contributed by atoms with E-state index in [1.165, 1.54) is 0 Å². The Morgan fingerprint density at radius 3 is 3.09 bits per heavy atom. The molecule has 1 aromatic carbocycles. The minimum absolute atomic E-state index is 0.151. The second-order valence-corrected chi connectivity index (χ2v) is 6.57. The fourth-order valence-corrected chi connectivity index (χ4v) is 3.62. The van der Waals surface area contributed by atoms with Crippen LogP contribution in [-0.2, 0) is 4.79 Å². The number of likely N-dealkylation sites (tertiary alicyclic amines) is 1. The first-order valence-electron chi connectivity index (χ1n) is 8.26. The average molecular weight is 339 g/mol. The molecule has 1 N–H and O–H groups in total. The maximum absolute atomic E-state index is 12.7. The van der Waals surface area contributed by atoms with Crippen LogP contribution in [0, 0.1) is 0 Å². The van der Waals surface area contributed by atoms with Gasteiger partial charge in [0.1, 0.15) is 12.4 Å². The normalized spacial score (nSPS) is 20.3. The first-order chi connectivity index (χ1) is 11.2. The van der Waals surface area contributed by atoms with Crippen molar-refractivity contribution in [2.24, 2.45) is 0 Å². The third-order valence-electron chi connectivity index (χ3n) is 4.60. The van der Waals surface area contributed by atoms with Gasteiger partial charge in [0.2, 0.25) is 5.91 Å². The summed E-state index contributed by atoms with van der Waals surface area (Å²) in [6.07, 6.45) is 3.73. The van der Waals surface area contributed by atoms with E-state index in [4.69, 9.17) is 21.4 Å². The third-order valence-corrected chi connectivity index (χ3v) is 4.83. The van der Waals surface area contributed by atoms with Gasteiger partial charge in [-0.25, -0.2) is 0 Å². The van der Waals surface area contributed by atoms with Gasteiger partial charge in [-0.05, 0) is 43.9 Å². The van der Waals surface area contributed by atoms with Crippen molar-refractivity contribution < 1.29 is 14.6 Å². The van der Waals surface area contributed by atoms with Gasteiger partial charge in [0.15, 0.2) is 0 Å². The molecule has 0 radical (unpaired) electrons. The Labute approximate surface area is 141 Å². The van der Waals surface area contributed by atoms with E-state index in [1.54, 1.807) is 6.07 Å². The zero-order valence-electron chi connectivity index (χ0n) is 13.2. The quantitative estimate of drug-likeness (QED) is 0.895. The number of hydrogen-bond acceptors (Lipinski definition) is 4. The van der Waals surface area contributed by atoms with Crippen molar-refractivity contribution in [2.45, 2.75) is 31.7 Å². The van der Waals surface area contributed by atoms with Gasteiger partial charge in [-0.2, -0.15) is 0 Å². The van der Waals surface area contributed by atoms with E-state index in [0.29, 0.717) is 24.7 Å². The molecule has 1 unspecified atom stereocenters. The van der Waals surface area contributed by atoms with Gasteiger partial charge in [-0.3, -0.25) is 4.79 Å².